The maximum Gasteiger partial charge on any atom is 0.306 e. The van der Waals surface area contributed by atoms with Gasteiger partial charge in [0.15, 0.2) is 0 Å². The van der Waals surface area contributed by atoms with Crippen LogP contribution in [-0.2, 0) is 23.7 Å². The van der Waals surface area contributed by atoms with Gasteiger partial charge in [-0.3, -0.25) is 4.79 Å². The molecule has 32 heavy (non-hydrogen) atoms. The second-order valence-electron chi connectivity index (χ2n) is 10.5. The summed E-state index contributed by atoms with van der Waals surface area (Å²) in [7, 11) is 1.71. The molecule has 1 aliphatic heterocycles. The fourth-order valence-electron chi connectivity index (χ4n) is 5.22. The number of carbonyl (C=O) groups is 1. The van der Waals surface area contributed by atoms with Gasteiger partial charge in [-0.15, -0.1) is 0 Å². The number of methoxy groups -OCH3 is 1. The Balaban J connectivity index is 1.85. The van der Waals surface area contributed by atoms with Crippen molar-refractivity contribution in [2.45, 2.75) is 129 Å². The minimum absolute atomic E-state index is 0.0141. The van der Waals surface area contributed by atoms with Gasteiger partial charge in [0.25, 0.3) is 0 Å². The fraction of sp³-hybridized carbons (Fsp3) is 0.889. The van der Waals surface area contributed by atoms with E-state index in [2.05, 4.69) is 40.7 Å². The van der Waals surface area contributed by atoms with E-state index in [0.29, 0.717) is 13.0 Å². The number of hydrogen-bond donors (Lipinski definition) is 0. The van der Waals surface area contributed by atoms with Gasteiger partial charge in [-0.2, -0.15) is 0 Å². The van der Waals surface area contributed by atoms with Crippen LogP contribution in [0.15, 0.2) is 11.6 Å². The lowest BCUT2D eigenvalue weighted by Gasteiger charge is -2.47. The molecule has 1 saturated carbocycles. The van der Waals surface area contributed by atoms with E-state index in [1.54, 1.807) is 7.11 Å². The van der Waals surface area contributed by atoms with E-state index in [9.17, 15) is 4.79 Å². The van der Waals surface area contributed by atoms with E-state index < -0.39 is 5.60 Å². The summed E-state index contributed by atoms with van der Waals surface area (Å²) in [5.74, 6) is -0.0852. The van der Waals surface area contributed by atoms with Crippen molar-refractivity contribution in [1.82, 2.24) is 0 Å². The second-order valence-corrected chi connectivity index (χ2v) is 10.5. The molecule has 2 fully saturated rings. The molecular formula is C27H48O5. The number of epoxide rings is 1. The van der Waals surface area contributed by atoms with E-state index >= 15 is 0 Å². The zero-order valence-electron chi connectivity index (χ0n) is 21.5. The summed E-state index contributed by atoms with van der Waals surface area (Å²) in [6.07, 6.45) is 13.5. The van der Waals surface area contributed by atoms with Gasteiger partial charge in [0.05, 0.1) is 24.4 Å². The lowest BCUT2D eigenvalue weighted by molar-refractivity contribution is -0.192. The molecule has 0 N–H and O–H groups in total. The first-order valence-corrected chi connectivity index (χ1v) is 12.9. The Hall–Kier alpha value is -0.910. The molecule has 0 radical (unpaired) electrons. The van der Waals surface area contributed by atoms with Crippen LogP contribution in [0.2, 0.25) is 0 Å². The molecular weight excluding hydrogens is 404 g/mol. The minimum atomic E-state index is -0.452. The topological polar surface area (TPSA) is 57.3 Å². The highest BCUT2D eigenvalue weighted by molar-refractivity contribution is 5.69. The van der Waals surface area contributed by atoms with E-state index in [-0.39, 0.29) is 29.7 Å². The number of ether oxygens (including phenoxy) is 4. The fourth-order valence-corrected chi connectivity index (χ4v) is 5.22. The highest BCUT2D eigenvalue weighted by Crippen LogP contribution is 2.52. The largest absolute Gasteiger partial charge is 0.460 e. The SMILES string of the molecule is CCCCCCCCCCC(=O)O[C@@H]1CC[C@]2(CO2)[C@@H](C(C)(C)OCC=C(C)C)[C@@H]1OC. The zero-order valence-corrected chi connectivity index (χ0v) is 21.5. The van der Waals surface area contributed by atoms with Gasteiger partial charge in [0.2, 0.25) is 0 Å². The van der Waals surface area contributed by atoms with Gasteiger partial charge in [-0.05, 0) is 47.0 Å². The van der Waals surface area contributed by atoms with Gasteiger partial charge in [-0.25, -0.2) is 0 Å². The van der Waals surface area contributed by atoms with Crippen LogP contribution in [0.25, 0.3) is 0 Å². The van der Waals surface area contributed by atoms with E-state index in [0.717, 1.165) is 32.3 Å². The monoisotopic (exact) mass is 452 g/mol. The first-order valence-electron chi connectivity index (χ1n) is 12.9. The number of hydrogen-bond acceptors (Lipinski definition) is 5. The van der Waals surface area contributed by atoms with Crippen LogP contribution in [0.5, 0.6) is 0 Å². The predicted octanol–water partition coefficient (Wildman–Crippen LogP) is 6.38. The summed E-state index contributed by atoms with van der Waals surface area (Å²) in [6, 6.07) is 0. The van der Waals surface area contributed by atoms with Crippen molar-refractivity contribution in [1.29, 1.82) is 0 Å². The van der Waals surface area contributed by atoms with Crippen molar-refractivity contribution < 1.29 is 23.7 Å². The quantitative estimate of drug-likeness (QED) is 0.125. The zero-order chi connectivity index (χ0) is 23.6. The van der Waals surface area contributed by atoms with Crippen LogP contribution in [0.3, 0.4) is 0 Å². The molecule has 2 rings (SSSR count). The van der Waals surface area contributed by atoms with Crippen LogP contribution in [-0.4, -0.2) is 49.7 Å². The Bertz CT molecular complexity index is 589. The smallest absolute Gasteiger partial charge is 0.306 e. The number of esters is 1. The third kappa shape index (κ3) is 8.14. The third-order valence-corrected chi connectivity index (χ3v) is 7.11. The molecule has 0 bridgehead atoms. The summed E-state index contributed by atoms with van der Waals surface area (Å²) in [5.41, 5.74) is 0.569. The standard InChI is InChI=1S/C27H48O5/c1-7-8-9-10-11-12-13-14-15-23(28)32-22-16-18-27(20-31-27)25(24(22)29-6)26(4,5)30-19-17-21(2)3/h17,22,24-25H,7-16,18-20H2,1-6H3/t22-,24-,25-,27+/m1/s1. The lowest BCUT2D eigenvalue weighted by atomic mass is 9.68. The molecule has 0 amide bonds. The molecule has 1 spiro atoms. The van der Waals surface area contributed by atoms with Crippen LogP contribution in [0.1, 0.15) is 105 Å². The highest BCUT2D eigenvalue weighted by Gasteiger charge is 2.64. The van der Waals surface area contributed by atoms with Gasteiger partial charge in [-0.1, -0.05) is 63.5 Å². The minimum Gasteiger partial charge on any atom is -0.460 e. The molecule has 4 atom stereocenters. The number of carbonyl (C=O) groups excluding carboxylic acids is 1. The molecule has 0 aromatic carbocycles. The molecule has 5 heteroatoms. The molecule has 1 aliphatic carbocycles. The molecule has 0 unspecified atom stereocenters. The molecule has 186 valence electrons. The third-order valence-electron chi connectivity index (χ3n) is 7.11. The predicted molar refractivity (Wildman–Crippen MR) is 129 cm³/mol. The van der Waals surface area contributed by atoms with E-state index in [1.807, 2.05) is 0 Å². The maximum absolute atomic E-state index is 12.6. The van der Waals surface area contributed by atoms with E-state index in [1.165, 1.54) is 44.1 Å². The summed E-state index contributed by atoms with van der Waals surface area (Å²) >= 11 is 0. The van der Waals surface area contributed by atoms with Crippen LogP contribution in [0, 0.1) is 5.92 Å². The average Bonchev–Trinajstić information content (AvgIpc) is 3.50. The normalized spacial score (nSPS) is 27.4. The Labute approximate surface area is 196 Å². The van der Waals surface area contributed by atoms with E-state index in [4.69, 9.17) is 18.9 Å². The lowest BCUT2D eigenvalue weighted by Crippen LogP contribution is -2.58. The number of unbranched alkanes of at least 4 members (excludes halogenated alkanes) is 7. The molecule has 5 nitrogen and oxygen atoms in total. The number of allylic oxidation sites excluding steroid dienone is 1. The van der Waals surface area contributed by atoms with Gasteiger partial charge in [0, 0.05) is 19.4 Å². The molecule has 0 aromatic rings. The summed E-state index contributed by atoms with van der Waals surface area (Å²) in [4.78, 5) is 12.6. The first-order chi connectivity index (χ1) is 15.3. The second kappa shape index (κ2) is 13.1. The van der Waals surface area contributed by atoms with Gasteiger partial charge in [0.1, 0.15) is 12.2 Å². The summed E-state index contributed by atoms with van der Waals surface area (Å²) in [5, 5.41) is 0. The Kier molecular flexibility index (Phi) is 11.2. The molecule has 2 aliphatic rings. The van der Waals surface area contributed by atoms with Crippen molar-refractivity contribution in [3.8, 4) is 0 Å². The molecule has 0 aromatic heterocycles. The first kappa shape index (κ1) is 27.3. The van der Waals surface area contributed by atoms with Crippen molar-refractivity contribution >= 4 is 5.97 Å². The average molecular weight is 453 g/mol. The van der Waals surface area contributed by atoms with Crippen molar-refractivity contribution in [2.75, 3.05) is 20.3 Å². The Morgan fingerprint density at radius 3 is 2.28 bits per heavy atom. The van der Waals surface area contributed by atoms with Crippen LogP contribution >= 0.6 is 0 Å². The highest BCUT2D eigenvalue weighted by atomic mass is 16.6. The molecule has 1 saturated heterocycles. The number of rotatable bonds is 15. The summed E-state index contributed by atoms with van der Waals surface area (Å²) < 4.78 is 24.2. The van der Waals surface area contributed by atoms with Gasteiger partial charge >= 0.3 is 5.97 Å². The Morgan fingerprint density at radius 2 is 1.72 bits per heavy atom. The van der Waals surface area contributed by atoms with Crippen molar-refractivity contribution in [2.24, 2.45) is 5.92 Å². The van der Waals surface area contributed by atoms with Crippen molar-refractivity contribution in [3.05, 3.63) is 11.6 Å². The maximum atomic E-state index is 12.6. The van der Waals surface area contributed by atoms with Gasteiger partial charge < -0.3 is 18.9 Å². The summed E-state index contributed by atoms with van der Waals surface area (Å²) in [6.45, 7) is 11.9. The van der Waals surface area contributed by atoms with Crippen molar-refractivity contribution in [3.63, 3.8) is 0 Å². The van der Waals surface area contributed by atoms with Crippen LogP contribution < -0.4 is 0 Å². The van der Waals surface area contributed by atoms with Crippen LogP contribution in [0.4, 0.5) is 0 Å². The molecule has 1 heterocycles. The Morgan fingerprint density at radius 1 is 1.09 bits per heavy atom.